The van der Waals surface area contributed by atoms with Crippen LogP contribution in [-0.2, 0) is 27.9 Å². The molecule has 0 rings (SSSR count). The van der Waals surface area contributed by atoms with E-state index in [4.69, 9.17) is 18.5 Å². The van der Waals surface area contributed by atoms with E-state index in [-0.39, 0.29) is 25.8 Å². The SMILES string of the molecule is CC/C=C\C/C=C\C/C=C\C/C=C\CCCOCC(COP(=O)(O)OCC[N+](C)(C)C)OC(=O)CCCCCCCCCCCCC/C=C\CCCCCCCCCC. The lowest BCUT2D eigenvalue weighted by Gasteiger charge is -2.24. The molecule has 59 heavy (non-hydrogen) atoms. The maximum Gasteiger partial charge on any atom is 0.472 e. The van der Waals surface area contributed by atoms with Crippen LogP contribution >= 0.6 is 7.82 Å². The lowest BCUT2D eigenvalue weighted by molar-refractivity contribution is -0.870. The highest BCUT2D eigenvalue weighted by atomic mass is 31.2. The van der Waals surface area contributed by atoms with Gasteiger partial charge in [0.15, 0.2) is 0 Å². The van der Waals surface area contributed by atoms with Crippen molar-refractivity contribution >= 4 is 13.8 Å². The second kappa shape index (κ2) is 42.9. The Morgan fingerprint density at radius 2 is 0.983 bits per heavy atom. The Balaban J connectivity index is 4.18. The summed E-state index contributed by atoms with van der Waals surface area (Å²) in [6.07, 6.45) is 54.3. The zero-order valence-electron chi connectivity index (χ0n) is 39.0. The van der Waals surface area contributed by atoms with Crippen LogP contribution in [0.15, 0.2) is 60.8 Å². The van der Waals surface area contributed by atoms with Crippen molar-refractivity contribution in [3.8, 4) is 0 Å². The molecule has 0 aliphatic rings. The number of esters is 1. The summed E-state index contributed by atoms with van der Waals surface area (Å²) in [5.41, 5.74) is 0. The fraction of sp³-hybridized carbons (Fsp3) is 0.780. The van der Waals surface area contributed by atoms with Gasteiger partial charge in [-0.3, -0.25) is 13.8 Å². The van der Waals surface area contributed by atoms with Crippen molar-refractivity contribution in [2.75, 3.05) is 54.1 Å². The normalized spacial score (nSPS) is 14.2. The van der Waals surface area contributed by atoms with Crippen molar-refractivity contribution in [3.05, 3.63) is 60.8 Å². The van der Waals surface area contributed by atoms with Crippen LogP contribution in [0.4, 0.5) is 0 Å². The third-order valence-corrected chi connectivity index (χ3v) is 11.0. The number of carbonyl (C=O) groups excluding carboxylic acids is 1. The lowest BCUT2D eigenvalue weighted by Crippen LogP contribution is -2.37. The van der Waals surface area contributed by atoms with Gasteiger partial charge in [0, 0.05) is 13.0 Å². The van der Waals surface area contributed by atoms with Crippen molar-refractivity contribution in [2.45, 2.75) is 200 Å². The molecule has 0 heterocycles. The molecule has 0 saturated carbocycles. The Bertz CT molecular complexity index is 1130. The highest BCUT2D eigenvalue weighted by molar-refractivity contribution is 7.47. The molecule has 9 heteroatoms. The minimum atomic E-state index is -4.29. The molecule has 2 unspecified atom stereocenters. The van der Waals surface area contributed by atoms with Crippen molar-refractivity contribution < 1.29 is 37.3 Å². The van der Waals surface area contributed by atoms with E-state index in [0.717, 1.165) is 57.8 Å². The van der Waals surface area contributed by atoms with E-state index in [1.54, 1.807) is 0 Å². The standard InChI is InChI=1S/C50H92NO7P/c1-6-8-10-12-14-16-18-20-22-23-24-25-26-27-28-29-30-31-33-35-37-39-41-43-50(52)58-49(48-57-59(53,54)56-46-44-51(3,4)5)47-55-45-42-40-38-36-34-32-21-19-17-15-13-11-9-7-2/h9,11,15,17,21,23-24,32,36,38,49H,6-8,10,12-14,16,18-20,22,25-31,33-35,37,39-48H2,1-5H3/p+1/b11-9-,17-15-,24-23-,32-21-,38-36-. The van der Waals surface area contributed by atoms with Crippen LogP contribution < -0.4 is 0 Å². The number of hydrogen-bond donors (Lipinski definition) is 1. The molecule has 0 aromatic rings. The molecule has 8 nitrogen and oxygen atoms in total. The second-order valence-corrected chi connectivity index (χ2v) is 18.6. The van der Waals surface area contributed by atoms with Crippen molar-refractivity contribution in [2.24, 2.45) is 0 Å². The minimum absolute atomic E-state index is 0.0765. The van der Waals surface area contributed by atoms with Gasteiger partial charge in [-0.15, -0.1) is 0 Å². The average molecular weight is 851 g/mol. The Morgan fingerprint density at radius 1 is 0.542 bits per heavy atom. The van der Waals surface area contributed by atoms with Crippen LogP contribution in [-0.4, -0.2) is 75.6 Å². The third-order valence-electron chi connectivity index (χ3n) is 10.1. The Morgan fingerprint density at radius 3 is 1.49 bits per heavy atom. The van der Waals surface area contributed by atoms with Crippen LogP contribution in [0.1, 0.15) is 194 Å². The molecule has 0 amide bonds. The topological polar surface area (TPSA) is 91.3 Å². The number of quaternary nitrogens is 1. The number of ether oxygens (including phenoxy) is 2. The van der Waals surface area contributed by atoms with Gasteiger partial charge in [-0.1, -0.05) is 177 Å². The molecule has 2 atom stereocenters. The number of unbranched alkanes of at least 4 members (excludes halogenated alkanes) is 20. The van der Waals surface area contributed by atoms with E-state index >= 15 is 0 Å². The average Bonchev–Trinajstić information content (AvgIpc) is 3.19. The molecule has 0 saturated heterocycles. The Hall–Kier alpha value is -1.80. The van der Waals surface area contributed by atoms with Gasteiger partial charge in [0.25, 0.3) is 0 Å². The predicted molar refractivity (Wildman–Crippen MR) is 252 cm³/mol. The van der Waals surface area contributed by atoms with Gasteiger partial charge in [0.2, 0.25) is 0 Å². The third kappa shape index (κ3) is 47.1. The Kier molecular flexibility index (Phi) is 41.6. The summed E-state index contributed by atoms with van der Waals surface area (Å²) in [6, 6.07) is 0. The van der Waals surface area contributed by atoms with Crippen molar-refractivity contribution in [3.63, 3.8) is 0 Å². The lowest BCUT2D eigenvalue weighted by atomic mass is 10.0. The molecule has 0 bridgehead atoms. The van der Waals surface area contributed by atoms with Crippen LogP contribution in [0, 0.1) is 0 Å². The largest absolute Gasteiger partial charge is 0.472 e. The summed E-state index contributed by atoms with van der Waals surface area (Å²) in [5, 5.41) is 0. The van der Waals surface area contributed by atoms with Gasteiger partial charge >= 0.3 is 13.8 Å². The van der Waals surface area contributed by atoms with Gasteiger partial charge in [-0.2, -0.15) is 0 Å². The Labute approximate surface area is 364 Å². The molecule has 0 aliphatic heterocycles. The fourth-order valence-electron chi connectivity index (χ4n) is 6.38. The molecule has 0 fully saturated rings. The van der Waals surface area contributed by atoms with Crippen molar-refractivity contribution in [1.82, 2.24) is 0 Å². The quantitative estimate of drug-likeness (QED) is 0.0215. The fourth-order valence-corrected chi connectivity index (χ4v) is 7.12. The van der Waals surface area contributed by atoms with Gasteiger partial charge in [0.1, 0.15) is 19.3 Å². The highest BCUT2D eigenvalue weighted by Crippen LogP contribution is 2.43. The number of likely N-dealkylation sites (N-methyl/N-ethyl adjacent to an activating group) is 1. The number of carbonyl (C=O) groups is 1. The number of phosphoric ester groups is 1. The van der Waals surface area contributed by atoms with Gasteiger partial charge in [-0.25, -0.2) is 4.57 Å². The zero-order valence-corrected chi connectivity index (χ0v) is 39.9. The maximum atomic E-state index is 12.7. The molecule has 0 radical (unpaired) electrons. The summed E-state index contributed by atoms with van der Waals surface area (Å²) in [7, 11) is 1.63. The first-order valence-corrected chi connectivity index (χ1v) is 25.5. The molecular weight excluding hydrogens is 758 g/mol. The van der Waals surface area contributed by atoms with E-state index in [9.17, 15) is 14.3 Å². The van der Waals surface area contributed by atoms with E-state index in [1.165, 1.54) is 116 Å². The molecule has 0 spiro atoms. The molecule has 0 aromatic heterocycles. The molecule has 344 valence electrons. The summed E-state index contributed by atoms with van der Waals surface area (Å²) in [5.74, 6) is -0.334. The van der Waals surface area contributed by atoms with Crippen LogP contribution in [0.25, 0.3) is 0 Å². The molecule has 1 N–H and O–H groups in total. The van der Waals surface area contributed by atoms with Crippen molar-refractivity contribution in [1.29, 1.82) is 0 Å². The molecule has 0 aromatic carbocycles. The van der Waals surface area contributed by atoms with Crippen LogP contribution in [0.5, 0.6) is 0 Å². The molecule has 0 aliphatic carbocycles. The number of nitrogens with zero attached hydrogens (tertiary/aromatic N) is 1. The minimum Gasteiger partial charge on any atom is -0.457 e. The zero-order chi connectivity index (χ0) is 43.4. The smallest absolute Gasteiger partial charge is 0.457 e. The first-order chi connectivity index (χ1) is 28.6. The summed E-state index contributed by atoms with van der Waals surface area (Å²) in [6.45, 7) is 5.36. The summed E-state index contributed by atoms with van der Waals surface area (Å²) in [4.78, 5) is 22.9. The maximum absolute atomic E-state index is 12.7. The molecular formula is C50H93NO7P+. The number of phosphoric acid groups is 1. The van der Waals surface area contributed by atoms with Gasteiger partial charge in [-0.05, 0) is 70.6 Å². The van der Waals surface area contributed by atoms with Gasteiger partial charge < -0.3 is 18.9 Å². The predicted octanol–water partition coefficient (Wildman–Crippen LogP) is 14.5. The van der Waals surface area contributed by atoms with E-state index in [1.807, 2.05) is 21.1 Å². The number of allylic oxidation sites excluding steroid dienone is 10. The summed E-state index contributed by atoms with van der Waals surface area (Å²) < 4.78 is 35.0. The van der Waals surface area contributed by atoms with Crippen LogP contribution in [0.2, 0.25) is 0 Å². The number of hydrogen-bond acceptors (Lipinski definition) is 6. The second-order valence-electron chi connectivity index (χ2n) is 17.1. The van der Waals surface area contributed by atoms with E-state index in [2.05, 4.69) is 74.6 Å². The first kappa shape index (κ1) is 57.2. The van der Waals surface area contributed by atoms with Gasteiger partial charge in [0.05, 0.1) is 34.4 Å². The van der Waals surface area contributed by atoms with E-state index in [0.29, 0.717) is 24.1 Å². The monoisotopic (exact) mass is 851 g/mol. The highest BCUT2D eigenvalue weighted by Gasteiger charge is 2.26. The van der Waals surface area contributed by atoms with Crippen LogP contribution in [0.3, 0.4) is 0 Å². The number of rotatable bonds is 44. The first-order valence-electron chi connectivity index (χ1n) is 24.0. The summed E-state index contributed by atoms with van der Waals surface area (Å²) >= 11 is 0. The van der Waals surface area contributed by atoms with E-state index < -0.39 is 13.9 Å².